The highest BCUT2D eigenvalue weighted by atomic mass is 16.5. The highest BCUT2D eigenvalue weighted by Gasteiger charge is 2.45. The Labute approximate surface area is 211 Å². The lowest BCUT2D eigenvalue weighted by Crippen LogP contribution is -2.60. The molecule has 0 radical (unpaired) electrons. The Morgan fingerprint density at radius 1 is 1.14 bits per heavy atom. The Kier molecular flexibility index (Phi) is 7.66. The fraction of sp³-hybridized carbons (Fsp3) is 0.538. The van der Waals surface area contributed by atoms with Gasteiger partial charge >= 0.3 is 6.03 Å². The standard InChI is InChI=1S/C26H37N5O5/c1-25(2,3)20(29-24(34)30-26(4,5)6)23(33)31-14-17(13-19(31)21(27)32)36-22-18-9-8-16(35-7)12-15(18)10-11-28-22/h8-12,17,19-20H,13-14H2,1-7H3,(H2,27,32)(H2,29,30,34). The van der Waals surface area contributed by atoms with E-state index in [1.807, 2.05) is 65.8 Å². The van der Waals surface area contributed by atoms with Crippen molar-refractivity contribution in [2.45, 2.75) is 71.7 Å². The van der Waals surface area contributed by atoms with E-state index in [-0.39, 0.29) is 13.0 Å². The van der Waals surface area contributed by atoms with Gasteiger partial charge in [0.15, 0.2) is 0 Å². The number of aromatic nitrogens is 1. The minimum atomic E-state index is -0.886. The number of hydrogen-bond acceptors (Lipinski definition) is 6. The van der Waals surface area contributed by atoms with Crippen LogP contribution in [0.2, 0.25) is 0 Å². The normalized spacial score (nSPS) is 19.0. The molecule has 36 heavy (non-hydrogen) atoms. The molecule has 196 valence electrons. The maximum atomic E-state index is 13.7. The molecule has 0 spiro atoms. The van der Waals surface area contributed by atoms with Gasteiger partial charge in [-0.1, -0.05) is 20.8 Å². The Morgan fingerprint density at radius 3 is 2.42 bits per heavy atom. The number of pyridine rings is 1. The first-order valence-electron chi connectivity index (χ1n) is 12.0. The van der Waals surface area contributed by atoms with E-state index in [4.69, 9.17) is 15.2 Å². The second-order valence-corrected chi connectivity index (χ2v) is 11.2. The van der Waals surface area contributed by atoms with E-state index >= 15 is 0 Å². The van der Waals surface area contributed by atoms with E-state index in [0.29, 0.717) is 11.6 Å². The number of likely N-dealkylation sites (tertiary alicyclic amines) is 1. The molecule has 2 aromatic rings. The lowest BCUT2D eigenvalue weighted by atomic mass is 9.85. The summed E-state index contributed by atoms with van der Waals surface area (Å²) in [6, 6.07) is 5.18. The molecular formula is C26H37N5O5. The summed E-state index contributed by atoms with van der Waals surface area (Å²) in [4.78, 5) is 44.4. The fourth-order valence-electron chi connectivity index (χ4n) is 4.23. The number of carbonyl (C=O) groups is 3. The van der Waals surface area contributed by atoms with Crippen LogP contribution in [0.1, 0.15) is 48.0 Å². The van der Waals surface area contributed by atoms with Crippen LogP contribution in [-0.2, 0) is 9.59 Å². The van der Waals surface area contributed by atoms with E-state index in [1.165, 1.54) is 4.90 Å². The predicted octanol–water partition coefficient (Wildman–Crippen LogP) is 2.59. The molecule has 3 unspecified atom stereocenters. The number of ether oxygens (including phenoxy) is 2. The number of nitrogens with two attached hydrogens (primary N) is 1. The summed E-state index contributed by atoms with van der Waals surface area (Å²) in [7, 11) is 1.60. The first-order chi connectivity index (χ1) is 16.7. The number of benzene rings is 1. The average molecular weight is 500 g/mol. The van der Waals surface area contributed by atoms with Gasteiger partial charge in [-0.05, 0) is 55.8 Å². The van der Waals surface area contributed by atoms with E-state index < -0.39 is 47.0 Å². The summed E-state index contributed by atoms with van der Waals surface area (Å²) >= 11 is 0. The van der Waals surface area contributed by atoms with Crippen LogP contribution in [0.25, 0.3) is 10.8 Å². The molecule has 2 heterocycles. The van der Waals surface area contributed by atoms with Crippen molar-refractivity contribution in [3.63, 3.8) is 0 Å². The smallest absolute Gasteiger partial charge is 0.315 e. The third kappa shape index (κ3) is 6.35. The summed E-state index contributed by atoms with van der Waals surface area (Å²) in [6.07, 6.45) is 1.35. The molecule has 1 aliphatic heterocycles. The summed E-state index contributed by atoms with van der Waals surface area (Å²) < 4.78 is 11.5. The second-order valence-electron chi connectivity index (χ2n) is 11.2. The summed E-state index contributed by atoms with van der Waals surface area (Å²) in [5.41, 5.74) is 4.58. The minimum absolute atomic E-state index is 0.135. The number of hydrogen-bond donors (Lipinski definition) is 3. The van der Waals surface area contributed by atoms with Crippen LogP contribution in [0.5, 0.6) is 11.6 Å². The zero-order valence-corrected chi connectivity index (χ0v) is 22.0. The van der Waals surface area contributed by atoms with E-state index in [9.17, 15) is 14.4 Å². The van der Waals surface area contributed by atoms with Gasteiger partial charge in [-0.2, -0.15) is 0 Å². The SMILES string of the molecule is COc1ccc2c(OC3CC(C(N)=O)N(C(=O)C(NC(=O)NC(C)(C)C)C(C)(C)C)C3)nccc2c1. The number of amides is 4. The van der Waals surface area contributed by atoms with Gasteiger partial charge in [0.25, 0.3) is 0 Å². The zero-order chi connectivity index (χ0) is 26.8. The molecule has 1 aliphatic rings. The molecule has 0 bridgehead atoms. The quantitative estimate of drug-likeness (QED) is 0.559. The van der Waals surface area contributed by atoms with Crippen LogP contribution >= 0.6 is 0 Å². The molecule has 4 amide bonds. The average Bonchev–Trinajstić information content (AvgIpc) is 3.19. The van der Waals surface area contributed by atoms with Crippen LogP contribution < -0.4 is 25.8 Å². The van der Waals surface area contributed by atoms with Gasteiger partial charge < -0.3 is 30.7 Å². The topological polar surface area (TPSA) is 136 Å². The van der Waals surface area contributed by atoms with Crippen LogP contribution in [0, 0.1) is 5.41 Å². The molecule has 0 saturated carbocycles. The van der Waals surface area contributed by atoms with Gasteiger partial charge in [0.05, 0.1) is 13.7 Å². The van der Waals surface area contributed by atoms with Gasteiger partial charge in [-0.3, -0.25) is 9.59 Å². The number of carbonyl (C=O) groups excluding carboxylic acids is 3. The highest BCUT2D eigenvalue weighted by Crippen LogP contribution is 2.31. The molecular weight excluding hydrogens is 462 g/mol. The fourth-order valence-corrected chi connectivity index (χ4v) is 4.23. The van der Waals surface area contributed by atoms with E-state index in [0.717, 1.165) is 10.8 Å². The summed E-state index contributed by atoms with van der Waals surface area (Å²) in [6.45, 7) is 11.2. The third-order valence-electron chi connectivity index (χ3n) is 5.96. The summed E-state index contributed by atoms with van der Waals surface area (Å²) in [5.74, 6) is 0.0870. The van der Waals surface area contributed by atoms with Gasteiger partial charge in [0.1, 0.15) is 23.9 Å². The lowest BCUT2D eigenvalue weighted by molar-refractivity contribution is -0.141. The molecule has 3 atom stereocenters. The molecule has 1 saturated heterocycles. The summed E-state index contributed by atoms with van der Waals surface area (Å²) in [5, 5.41) is 7.28. The van der Waals surface area contributed by atoms with Crippen molar-refractivity contribution < 1.29 is 23.9 Å². The van der Waals surface area contributed by atoms with Gasteiger partial charge in [0, 0.05) is 23.5 Å². The number of fused-ring (bicyclic) bond motifs is 1. The maximum Gasteiger partial charge on any atom is 0.315 e. The first kappa shape index (κ1) is 27.0. The molecule has 1 aromatic carbocycles. The van der Waals surface area contributed by atoms with Gasteiger partial charge in [-0.25, -0.2) is 9.78 Å². The van der Waals surface area contributed by atoms with Crippen LogP contribution in [0.15, 0.2) is 30.5 Å². The Hall–Kier alpha value is -3.56. The first-order valence-corrected chi connectivity index (χ1v) is 12.0. The molecule has 1 fully saturated rings. The minimum Gasteiger partial charge on any atom is -0.497 e. The predicted molar refractivity (Wildman–Crippen MR) is 137 cm³/mol. The van der Waals surface area contributed by atoms with E-state index in [2.05, 4.69) is 15.6 Å². The highest BCUT2D eigenvalue weighted by molar-refractivity contribution is 5.92. The number of nitrogens with one attached hydrogen (secondary N) is 2. The van der Waals surface area contributed by atoms with Crippen LogP contribution in [0.3, 0.4) is 0 Å². The Bertz CT molecular complexity index is 1140. The lowest BCUT2D eigenvalue weighted by Gasteiger charge is -2.35. The molecule has 4 N–H and O–H groups in total. The largest absolute Gasteiger partial charge is 0.497 e. The van der Waals surface area contributed by atoms with E-state index in [1.54, 1.807) is 13.3 Å². The van der Waals surface area contributed by atoms with Gasteiger partial charge in [0.2, 0.25) is 17.7 Å². The molecule has 0 aliphatic carbocycles. The van der Waals surface area contributed by atoms with Crippen LogP contribution in [0.4, 0.5) is 4.79 Å². The number of methoxy groups -OCH3 is 1. The molecule has 3 rings (SSSR count). The van der Waals surface area contributed by atoms with Crippen molar-refractivity contribution in [1.29, 1.82) is 0 Å². The number of rotatable bonds is 6. The van der Waals surface area contributed by atoms with Crippen molar-refractivity contribution in [3.05, 3.63) is 30.5 Å². The van der Waals surface area contributed by atoms with Crippen molar-refractivity contribution >= 4 is 28.6 Å². The second kappa shape index (κ2) is 10.2. The number of nitrogens with zero attached hydrogens (tertiary/aromatic N) is 2. The van der Waals surface area contributed by atoms with Crippen molar-refractivity contribution in [1.82, 2.24) is 20.5 Å². The van der Waals surface area contributed by atoms with Crippen LogP contribution in [-0.4, -0.2) is 65.1 Å². The van der Waals surface area contributed by atoms with Crippen molar-refractivity contribution in [2.75, 3.05) is 13.7 Å². The monoisotopic (exact) mass is 499 g/mol. The number of urea groups is 1. The molecule has 10 nitrogen and oxygen atoms in total. The van der Waals surface area contributed by atoms with Crippen molar-refractivity contribution in [3.8, 4) is 11.6 Å². The Balaban J connectivity index is 1.83. The number of primary amides is 1. The zero-order valence-electron chi connectivity index (χ0n) is 22.0. The third-order valence-corrected chi connectivity index (χ3v) is 5.96. The Morgan fingerprint density at radius 2 is 1.83 bits per heavy atom. The van der Waals surface area contributed by atoms with Gasteiger partial charge in [-0.15, -0.1) is 0 Å². The maximum absolute atomic E-state index is 13.7. The molecule has 1 aromatic heterocycles. The van der Waals surface area contributed by atoms with Crippen molar-refractivity contribution in [2.24, 2.45) is 11.1 Å². The molecule has 10 heteroatoms.